The van der Waals surface area contributed by atoms with E-state index in [2.05, 4.69) is 40.5 Å². The van der Waals surface area contributed by atoms with Gasteiger partial charge in [0.15, 0.2) is 0 Å². The van der Waals surface area contributed by atoms with E-state index in [4.69, 9.17) is 36.9 Å². The van der Waals surface area contributed by atoms with Crippen LogP contribution in [0, 0.1) is 0 Å². The number of nitrogens with zero attached hydrogens (tertiary/aromatic N) is 6. The Kier molecular flexibility index (Phi) is 9.58. The van der Waals surface area contributed by atoms with Gasteiger partial charge in [-0.2, -0.15) is 46.7 Å². The molecule has 4 rings (SSSR count). The molecular formula is C23H20Cl2N8O8S2. The second kappa shape index (κ2) is 13.0. The van der Waals surface area contributed by atoms with Gasteiger partial charge in [0.1, 0.15) is 9.79 Å². The van der Waals surface area contributed by atoms with Crippen molar-refractivity contribution < 1.29 is 35.0 Å². The van der Waals surface area contributed by atoms with Crippen LogP contribution in [0.3, 0.4) is 0 Å². The van der Waals surface area contributed by atoms with Crippen molar-refractivity contribution in [1.82, 2.24) is 29.9 Å². The Labute approximate surface area is 255 Å². The van der Waals surface area contributed by atoms with Crippen molar-refractivity contribution in [3.8, 4) is 12.0 Å². The molecule has 0 spiro atoms. The number of anilines is 4. The largest absolute Gasteiger partial charge is 0.467 e. The van der Waals surface area contributed by atoms with Crippen molar-refractivity contribution in [1.29, 1.82) is 0 Å². The molecule has 0 aliphatic heterocycles. The van der Waals surface area contributed by atoms with Crippen LogP contribution in [0.15, 0.2) is 46.2 Å². The van der Waals surface area contributed by atoms with Gasteiger partial charge in [0.05, 0.1) is 21.3 Å². The third-order valence-electron chi connectivity index (χ3n) is 5.29. The third-order valence-corrected chi connectivity index (χ3v) is 7.87. The number of ether oxygens (including phenoxy) is 2. The van der Waals surface area contributed by atoms with Gasteiger partial charge in [-0.05, 0) is 58.6 Å². The quantitative estimate of drug-likeness (QED) is 0.118. The zero-order valence-corrected chi connectivity index (χ0v) is 25.3. The van der Waals surface area contributed by atoms with E-state index < -0.39 is 25.1 Å². The summed E-state index contributed by atoms with van der Waals surface area (Å²) < 4.78 is 74.5. The van der Waals surface area contributed by atoms with Crippen molar-refractivity contribution in [2.24, 2.45) is 0 Å². The van der Waals surface area contributed by atoms with Crippen LogP contribution in [0.5, 0.6) is 12.0 Å². The molecule has 0 fully saturated rings. The van der Waals surface area contributed by atoms with E-state index in [-0.39, 0.29) is 61.9 Å². The highest BCUT2D eigenvalue weighted by atomic mass is 35.5. The smallest absolute Gasteiger partial charge is 0.322 e. The number of nitrogens with one attached hydrogen (secondary N) is 2. The minimum absolute atomic E-state index is 0.0224. The van der Waals surface area contributed by atoms with Gasteiger partial charge < -0.3 is 20.1 Å². The van der Waals surface area contributed by atoms with Crippen LogP contribution in [0.25, 0.3) is 12.2 Å². The Balaban J connectivity index is 1.70. The summed E-state index contributed by atoms with van der Waals surface area (Å²) in [7, 11) is -5.39. The molecule has 0 saturated carbocycles. The molecule has 4 aromatic rings. The van der Waals surface area contributed by atoms with Crippen molar-refractivity contribution in [3.05, 3.63) is 58.1 Å². The summed E-state index contributed by atoms with van der Waals surface area (Å²) >= 11 is 11.7. The van der Waals surface area contributed by atoms with Gasteiger partial charge in [0.25, 0.3) is 20.2 Å². The van der Waals surface area contributed by atoms with Crippen LogP contribution in [0.1, 0.15) is 11.1 Å². The predicted molar refractivity (Wildman–Crippen MR) is 155 cm³/mol. The van der Waals surface area contributed by atoms with Crippen molar-refractivity contribution in [2.75, 3.05) is 32.0 Å². The average molecular weight is 672 g/mol. The first kappa shape index (κ1) is 31.7. The number of methoxy groups -OCH3 is 2. The van der Waals surface area contributed by atoms with E-state index in [9.17, 15) is 21.4 Å². The van der Waals surface area contributed by atoms with Crippen molar-refractivity contribution >= 4 is 78.9 Å². The molecule has 2 aromatic heterocycles. The summed E-state index contributed by atoms with van der Waals surface area (Å²) in [5, 5.41) is 5.21. The molecule has 0 unspecified atom stereocenters. The summed E-state index contributed by atoms with van der Waals surface area (Å²) in [5.74, 6) is -0.0762. The van der Waals surface area contributed by atoms with Crippen LogP contribution in [0.2, 0.25) is 10.6 Å². The molecule has 43 heavy (non-hydrogen) atoms. The monoisotopic (exact) mass is 670 g/mol. The molecule has 0 saturated heterocycles. The Bertz CT molecular complexity index is 1930. The lowest BCUT2D eigenvalue weighted by molar-refractivity contribution is 0.378. The van der Waals surface area contributed by atoms with Crippen molar-refractivity contribution in [2.45, 2.75) is 9.79 Å². The standard InChI is InChI=1S/C23H20Cl2N8O8S2/c1-39-22-30-18(24)28-20(32-22)26-14-8-6-12(16(10-14)42(34,35)36)4-5-13-7-9-15(11-17(13)43(37,38)41-3)27-21-29-19(25)31-23(33-21)40-2/h4-11H,1-3H3,(H,34,35,36)(H,26,28,30,32)(H,27,29,31,33)/b5-4+. The Morgan fingerprint density at radius 1 is 0.698 bits per heavy atom. The fraction of sp³-hybridized carbons (Fsp3) is 0.130. The molecule has 0 radical (unpaired) electrons. The topological polar surface area (TPSA) is 218 Å². The normalized spacial score (nSPS) is 11.9. The molecule has 0 amide bonds. The predicted octanol–water partition coefficient (Wildman–Crippen LogP) is 3.62. The maximum absolute atomic E-state index is 12.8. The number of aromatic nitrogens is 6. The minimum Gasteiger partial charge on any atom is -0.467 e. The number of halogens is 2. The first-order valence-electron chi connectivity index (χ1n) is 11.5. The Hall–Kier alpha value is -4.20. The summed E-state index contributed by atoms with van der Waals surface area (Å²) in [4.78, 5) is 22.5. The lowest BCUT2D eigenvalue weighted by atomic mass is 10.1. The molecule has 2 aromatic carbocycles. The van der Waals surface area contributed by atoms with Crippen LogP contribution in [-0.4, -0.2) is 72.6 Å². The van der Waals surface area contributed by atoms with Gasteiger partial charge in [-0.1, -0.05) is 24.3 Å². The van der Waals surface area contributed by atoms with E-state index in [0.717, 1.165) is 13.2 Å². The maximum Gasteiger partial charge on any atom is 0.322 e. The van der Waals surface area contributed by atoms with Gasteiger partial charge in [-0.25, -0.2) is 0 Å². The summed E-state index contributed by atoms with van der Waals surface area (Å²) in [6.07, 6.45) is 2.62. The van der Waals surface area contributed by atoms with E-state index in [1.807, 2.05) is 0 Å². The molecule has 0 aliphatic rings. The molecule has 226 valence electrons. The molecule has 3 N–H and O–H groups in total. The molecule has 16 nitrogen and oxygen atoms in total. The van der Waals surface area contributed by atoms with Crippen LogP contribution in [-0.2, 0) is 24.4 Å². The van der Waals surface area contributed by atoms with Gasteiger partial charge in [0, 0.05) is 11.4 Å². The Morgan fingerprint density at radius 2 is 1.14 bits per heavy atom. The summed E-state index contributed by atoms with van der Waals surface area (Å²) in [6.45, 7) is 0. The number of benzene rings is 2. The highest BCUT2D eigenvalue weighted by Gasteiger charge is 2.20. The van der Waals surface area contributed by atoms with Crippen LogP contribution >= 0.6 is 23.2 Å². The minimum atomic E-state index is -4.76. The van der Waals surface area contributed by atoms with Gasteiger partial charge in [-0.15, -0.1) is 0 Å². The molecule has 0 bridgehead atoms. The van der Waals surface area contributed by atoms with Crippen molar-refractivity contribution in [3.63, 3.8) is 0 Å². The zero-order valence-electron chi connectivity index (χ0n) is 22.2. The zero-order chi connectivity index (χ0) is 31.4. The van der Waals surface area contributed by atoms with Crippen LogP contribution in [0.4, 0.5) is 23.3 Å². The number of hydrogen-bond donors (Lipinski definition) is 3. The molecule has 0 aliphatic carbocycles. The summed E-state index contributed by atoms with van der Waals surface area (Å²) in [5.41, 5.74) is 0.548. The highest BCUT2D eigenvalue weighted by molar-refractivity contribution is 7.86. The molecule has 2 heterocycles. The average Bonchev–Trinajstić information content (AvgIpc) is 2.95. The van der Waals surface area contributed by atoms with E-state index in [1.54, 1.807) is 0 Å². The highest BCUT2D eigenvalue weighted by Crippen LogP contribution is 2.29. The fourth-order valence-electron chi connectivity index (χ4n) is 3.43. The number of rotatable bonds is 11. The second-order valence-corrected chi connectivity index (χ2v) is 11.8. The fourth-order valence-corrected chi connectivity index (χ4v) is 5.32. The second-order valence-electron chi connectivity index (χ2n) is 8.01. The SMILES string of the molecule is COc1nc(Cl)nc(Nc2ccc(/C=C/c3ccc(Nc4nc(Cl)nc(OC)n4)cc3S(=O)(=O)OC)c(S(=O)(=O)O)c2)n1. The molecular weight excluding hydrogens is 651 g/mol. The van der Waals surface area contributed by atoms with Gasteiger partial charge in [-0.3, -0.25) is 8.74 Å². The summed E-state index contributed by atoms with van der Waals surface area (Å²) in [6, 6.07) is 7.96. The first-order chi connectivity index (χ1) is 20.3. The van der Waals surface area contributed by atoms with Gasteiger partial charge in [0.2, 0.25) is 22.5 Å². The third kappa shape index (κ3) is 8.00. The molecule has 0 atom stereocenters. The van der Waals surface area contributed by atoms with Crippen LogP contribution < -0.4 is 20.1 Å². The van der Waals surface area contributed by atoms with E-state index in [1.165, 1.54) is 56.7 Å². The number of hydrogen-bond acceptors (Lipinski definition) is 15. The first-order valence-corrected chi connectivity index (χ1v) is 15.1. The maximum atomic E-state index is 12.8. The van der Waals surface area contributed by atoms with E-state index >= 15 is 0 Å². The van der Waals surface area contributed by atoms with E-state index in [0.29, 0.717) is 0 Å². The lowest BCUT2D eigenvalue weighted by Gasteiger charge is -2.11. The lowest BCUT2D eigenvalue weighted by Crippen LogP contribution is -2.07. The Morgan fingerprint density at radius 3 is 1.56 bits per heavy atom. The van der Waals surface area contributed by atoms with Gasteiger partial charge >= 0.3 is 12.0 Å². The molecule has 20 heteroatoms.